The molecule has 3 heteroatoms. The Bertz CT molecular complexity index is 131. The van der Waals surface area contributed by atoms with Crippen molar-refractivity contribution in [1.29, 1.82) is 0 Å². The maximum Gasteiger partial charge on any atom is 0.302 e. The molecule has 0 fully saturated rings. The summed E-state index contributed by atoms with van der Waals surface area (Å²) in [5, 5.41) is 0. The summed E-state index contributed by atoms with van der Waals surface area (Å²) in [6, 6.07) is 0. The molecule has 0 rings (SSSR count). The molecule has 0 radical (unpaired) electrons. The van der Waals surface area contributed by atoms with Crippen LogP contribution in [0.25, 0.3) is 0 Å². The van der Waals surface area contributed by atoms with Crippen LogP contribution < -0.4 is 0 Å². The smallest absolute Gasteiger partial charge is 0.302 e. The molecule has 0 unspecified atom stereocenters. The van der Waals surface area contributed by atoms with E-state index in [0.29, 0.717) is 18.9 Å². The average molecular weight is 158 g/mol. The van der Waals surface area contributed by atoms with Gasteiger partial charge in [0.05, 0.1) is 6.61 Å². The monoisotopic (exact) mass is 158 g/mol. The lowest BCUT2D eigenvalue weighted by molar-refractivity contribution is -0.141. The number of carbonyl (C=O) groups excluding carboxylic acids is 2. The second-order valence-corrected chi connectivity index (χ2v) is 2.64. The third kappa shape index (κ3) is 7.03. The molecule has 0 aromatic carbocycles. The van der Waals surface area contributed by atoms with Crippen LogP contribution in [0.4, 0.5) is 0 Å². The highest BCUT2D eigenvalue weighted by Crippen LogP contribution is 2.04. The van der Waals surface area contributed by atoms with Crippen molar-refractivity contribution in [2.75, 3.05) is 6.61 Å². The van der Waals surface area contributed by atoms with Crippen molar-refractivity contribution in [3.05, 3.63) is 0 Å². The molecule has 11 heavy (non-hydrogen) atoms. The first-order valence-corrected chi connectivity index (χ1v) is 3.73. The maximum atomic E-state index is 10.3. The molecule has 0 aromatic rings. The van der Waals surface area contributed by atoms with E-state index in [9.17, 15) is 9.59 Å². The van der Waals surface area contributed by atoms with E-state index in [1.165, 1.54) is 6.92 Å². The molecule has 0 amide bonds. The number of hydrogen-bond donors (Lipinski definition) is 0. The van der Waals surface area contributed by atoms with Crippen LogP contribution in [0.2, 0.25) is 0 Å². The quantitative estimate of drug-likeness (QED) is 0.445. The molecule has 0 aliphatic carbocycles. The van der Waals surface area contributed by atoms with E-state index >= 15 is 0 Å². The minimum absolute atomic E-state index is 0.261. The van der Waals surface area contributed by atoms with Gasteiger partial charge >= 0.3 is 5.97 Å². The number of hydrogen-bond acceptors (Lipinski definition) is 3. The van der Waals surface area contributed by atoms with Gasteiger partial charge < -0.3 is 9.53 Å². The fourth-order valence-electron chi connectivity index (χ4n) is 0.686. The van der Waals surface area contributed by atoms with Crippen molar-refractivity contribution in [2.45, 2.75) is 26.7 Å². The van der Waals surface area contributed by atoms with E-state index < -0.39 is 0 Å². The van der Waals surface area contributed by atoms with Gasteiger partial charge in [-0.2, -0.15) is 0 Å². The third-order valence-corrected chi connectivity index (χ3v) is 1.41. The first kappa shape index (κ1) is 10.1. The van der Waals surface area contributed by atoms with Gasteiger partial charge in [0, 0.05) is 13.3 Å². The van der Waals surface area contributed by atoms with Crippen LogP contribution in [-0.4, -0.2) is 18.9 Å². The molecule has 0 saturated carbocycles. The van der Waals surface area contributed by atoms with Crippen LogP contribution in [-0.2, 0) is 14.3 Å². The van der Waals surface area contributed by atoms with Crippen molar-refractivity contribution >= 4 is 12.3 Å². The van der Waals surface area contributed by atoms with Crippen molar-refractivity contribution in [1.82, 2.24) is 0 Å². The molecule has 0 aromatic heterocycles. The minimum atomic E-state index is -0.261. The van der Waals surface area contributed by atoms with Gasteiger partial charge in [-0.25, -0.2) is 0 Å². The predicted molar refractivity (Wildman–Crippen MR) is 41.1 cm³/mol. The molecule has 0 spiro atoms. The summed E-state index contributed by atoms with van der Waals surface area (Å²) in [5.41, 5.74) is 0. The Labute approximate surface area is 66.7 Å². The Balaban J connectivity index is 3.23. The van der Waals surface area contributed by atoms with E-state index in [1.54, 1.807) is 0 Å². The zero-order valence-electron chi connectivity index (χ0n) is 7.00. The van der Waals surface area contributed by atoms with Gasteiger partial charge in [0.25, 0.3) is 0 Å². The van der Waals surface area contributed by atoms with Crippen LogP contribution in [0.5, 0.6) is 0 Å². The van der Waals surface area contributed by atoms with Gasteiger partial charge in [0.1, 0.15) is 6.29 Å². The molecule has 64 valence electrons. The van der Waals surface area contributed by atoms with Crippen molar-refractivity contribution in [2.24, 2.45) is 5.92 Å². The van der Waals surface area contributed by atoms with E-state index in [0.717, 1.165) is 12.7 Å². The van der Waals surface area contributed by atoms with E-state index in [4.69, 9.17) is 4.74 Å². The van der Waals surface area contributed by atoms with Crippen LogP contribution in [0.3, 0.4) is 0 Å². The van der Waals surface area contributed by atoms with Gasteiger partial charge in [-0.1, -0.05) is 6.92 Å². The molecule has 0 saturated heterocycles. The maximum absolute atomic E-state index is 10.3. The van der Waals surface area contributed by atoms with Gasteiger partial charge in [-0.3, -0.25) is 4.79 Å². The largest absolute Gasteiger partial charge is 0.466 e. The summed E-state index contributed by atoms with van der Waals surface area (Å²) in [6.45, 7) is 3.76. The Hall–Kier alpha value is -0.860. The number of carbonyl (C=O) groups is 2. The standard InChI is InChI=1S/C8H14O3/c1-7(3-5-9)4-6-11-8(2)10/h5,7H,3-4,6H2,1-2H3/t7-/m1/s1. The summed E-state index contributed by atoms with van der Waals surface area (Å²) in [5.74, 6) is 0.0511. The molecule has 0 aliphatic heterocycles. The van der Waals surface area contributed by atoms with Crippen LogP contribution in [0, 0.1) is 5.92 Å². The summed E-state index contributed by atoms with van der Waals surface area (Å²) in [6.07, 6.45) is 2.19. The summed E-state index contributed by atoms with van der Waals surface area (Å²) in [7, 11) is 0. The first-order valence-electron chi connectivity index (χ1n) is 3.73. The third-order valence-electron chi connectivity index (χ3n) is 1.41. The normalized spacial score (nSPS) is 12.2. The summed E-state index contributed by atoms with van der Waals surface area (Å²) < 4.78 is 4.70. The average Bonchev–Trinajstić information content (AvgIpc) is 1.87. The van der Waals surface area contributed by atoms with E-state index in [-0.39, 0.29) is 5.97 Å². The van der Waals surface area contributed by atoms with Gasteiger partial charge in [0.15, 0.2) is 0 Å². The van der Waals surface area contributed by atoms with E-state index in [2.05, 4.69) is 0 Å². The SMILES string of the molecule is CC(=O)OCC[C@H](C)CC=O. The van der Waals surface area contributed by atoms with Crippen molar-refractivity contribution < 1.29 is 14.3 Å². The number of aldehydes is 1. The first-order chi connectivity index (χ1) is 5.16. The topological polar surface area (TPSA) is 43.4 Å². The number of ether oxygens (including phenoxy) is 1. The highest BCUT2D eigenvalue weighted by Gasteiger charge is 2.01. The van der Waals surface area contributed by atoms with Gasteiger partial charge in [-0.05, 0) is 12.3 Å². The second-order valence-electron chi connectivity index (χ2n) is 2.64. The number of esters is 1. The van der Waals surface area contributed by atoms with Crippen LogP contribution in [0.15, 0.2) is 0 Å². The Morgan fingerprint density at radius 2 is 2.27 bits per heavy atom. The fraction of sp³-hybridized carbons (Fsp3) is 0.750. The molecular weight excluding hydrogens is 144 g/mol. The molecule has 1 atom stereocenters. The van der Waals surface area contributed by atoms with Gasteiger partial charge in [0.2, 0.25) is 0 Å². The highest BCUT2D eigenvalue weighted by molar-refractivity contribution is 5.65. The lowest BCUT2D eigenvalue weighted by Gasteiger charge is -2.06. The van der Waals surface area contributed by atoms with E-state index in [1.807, 2.05) is 6.92 Å². The fourth-order valence-corrected chi connectivity index (χ4v) is 0.686. The zero-order chi connectivity index (χ0) is 8.69. The van der Waals surface area contributed by atoms with Crippen molar-refractivity contribution in [3.8, 4) is 0 Å². The second kappa shape index (κ2) is 5.89. The van der Waals surface area contributed by atoms with Crippen molar-refractivity contribution in [3.63, 3.8) is 0 Å². The Morgan fingerprint density at radius 1 is 1.64 bits per heavy atom. The lowest BCUT2D eigenvalue weighted by Crippen LogP contribution is -2.05. The zero-order valence-corrected chi connectivity index (χ0v) is 7.00. The summed E-state index contributed by atoms with van der Waals surface area (Å²) in [4.78, 5) is 20.3. The molecular formula is C8H14O3. The molecule has 0 heterocycles. The Kier molecular flexibility index (Phi) is 5.43. The number of rotatable bonds is 5. The molecule has 0 bridgehead atoms. The molecule has 0 aliphatic rings. The van der Waals surface area contributed by atoms with Crippen LogP contribution in [0.1, 0.15) is 26.7 Å². The van der Waals surface area contributed by atoms with Gasteiger partial charge in [-0.15, -0.1) is 0 Å². The minimum Gasteiger partial charge on any atom is -0.466 e. The molecule has 3 nitrogen and oxygen atoms in total. The Morgan fingerprint density at radius 3 is 2.73 bits per heavy atom. The lowest BCUT2D eigenvalue weighted by atomic mass is 10.1. The highest BCUT2D eigenvalue weighted by atomic mass is 16.5. The molecule has 0 N–H and O–H groups in total. The van der Waals surface area contributed by atoms with Crippen LogP contribution >= 0.6 is 0 Å². The predicted octanol–water partition coefficient (Wildman–Crippen LogP) is 1.16. The summed E-state index contributed by atoms with van der Waals surface area (Å²) >= 11 is 0.